The molecule has 2 aromatic carbocycles. The molecule has 2 N–H and O–H groups in total. The maximum atomic E-state index is 13.7. The largest absolute Gasteiger partial charge is 0.458 e. The van der Waals surface area contributed by atoms with E-state index in [1.54, 1.807) is 89.5 Å². The van der Waals surface area contributed by atoms with Crippen LogP contribution in [0.3, 0.4) is 0 Å². The van der Waals surface area contributed by atoms with Gasteiger partial charge in [-0.25, -0.2) is 18.0 Å². The third-order valence-corrected chi connectivity index (χ3v) is 7.79. The molecular formula is C29H39N3O7S. The van der Waals surface area contributed by atoms with E-state index in [4.69, 9.17) is 9.47 Å². The summed E-state index contributed by atoms with van der Waals surface area (Å²) < 4.78 is 39.7. The predicted octanol–water partition coefficient (Wildman–Crippen LogP) is 3.55. The lowest BCUT2D eigenvalue weighted by molar-refractivity contribution is -0.159. The Balaban J connectivity index is 1.80. The summed E-state index contributed by atoms with van der Waals surface area (Å²) in [5.41, 5.74) is -0.870. The van der Waals surface area contributed by atoms with Crippen molar-refractivity contribution >= 4 is 28.0 Å². The van der Waals surface area contributed by atoms with Crippen LogP contribution in [0.5, 0.6) is 5.75 Å². The average molecular weight is 574 g/mol. The monoisotopic (exact) mass is 573 g/mol. The Morgan fingerprint density at radius 2 is 1.55 bits per heavy atom. The number of esters is 1. The van der Waals surface area contributed by atoms with Crippen molar-refractivity contribution in [2.75, 3.05) is 14.1 Å². The summed E-state index contributed by atoms with van der Waals surface area (Å²) in [6, 6.07) is 14.2. The van der Waals surface area contributed by atoms with Crippen molar-refractivity contribution in [1.29, 1.82) is 0 Å². The van der Waals surface area contributed by atoms with E-state index < -0.39 is 45.2 Å². The molecule has 218 valence electrons. The maximum absolute atomic E-state index is 13.7. The zero-order valence-corrected chi connectivity index (χ0v) is 24.5. The lowest BCUT2D eigenvalue weighted by atomic mass is 9.96. The van der Waals surface area contributed by atoms with Crippen molar-refractivity contribution in [1.82, 2.24) is 14.9 Å². The molecule has 0 aromatic heterocycles. The van der Waals surface area contributed by atoms with Crippen LogP contribution < -0.4 is 14.8 Å². The number of rotatable bonds is 10. The number of carbonyl (C=O) groups is 3. The molecule has 11 heteroatoms. The van der Waals surface area contributed by atoms with E-state index in [0.717, 1.165) is 0 Å². The summed E-state index contributed by atoms with van der Waals surface area (Å²) in [4.78, 5) is 40.0. The molecule has 1 aliphatic carbocycles. The molecule has 1 fully saturated rings. The van der Waals surface area contributed by atoms with Crippen molar-refractivity contribution in [3.05, 3.63) is 65.7 Å². The van der Waals surface area contributed by atoms with E-state index in [0.29, 0.717) is 42.6 Å². The number of benzene rings is 2. The van der Waals surface area contributed by atoms with Gasteiger partial charge in [0.1, 0.15) is 22.9 Å². The molecule has 1 aliphatic rings. The summed E-state index contributed by atoms with van der Waals surface area (Å²) in [5, 5.41) is 2.79. The molecular weight excluding hydrogens is 534 g/mol. The quantitative estimate of drug-likeness (QED) is 0.416. The van der Waals surface area contributed by atoms with Gasteiger partial charge in [0, 0.05) is 20.5 Å². The smallest absolute Gasteiger partial charge is 0.414 e. The second-order valence-corrected chi connectivity index (χ2v) is 13.0. The molecule has 1 atom stereocenters. The van der Waals surface area contributed by atoms with E-state index in [1.807, 2.05) is 0 Å². The highest BCUT2D eigenvalue weighted by molar-refractivity contribution is 7.88. The molecule has 0 heterocycles. The van der Waals surface area contributed by atoms with Crippen LogP contribution in [0.4, 0.5) is 4.79 Å². The van der Waals surface area contributed by atoms with Crippen LogP contribution in [0.1, 0.15) is 57.6 Å². The highest BCUT2D eigenvalue weighted by Gasteiger charge is 2.45. The minimum absolute atomic E-state index is 0.0927. The molecule has 10 nitrogen and oxygen atoms in total. The lowest BCUT2D eigenvalue weighted by Gasteiger charge is -2.31. The van der Waals surface area contributed by atoms with E-state index in [-0.39, 0.29) is 12.2 Å². The van der Waals surface area contributed by atoms with Gasteiger partial charge in [-0.1, -0.05) is 55.3 Å². The molecule has 40 heavy (non-hydrogen) atoms. The fraction of sp³-hybridized carbons (Fsp3) is 0.483. The molecule has 0 radical (unpaired) electrons. The van der Waals surface area contributed by atoms with Gasteiger partial charge in [0.05, 0.1) is 5.75 Å². The maximum Gasteiger partial charge on any atom is 0.414 e. The highest BCUT2D eigenvalue weighted by Crippen LogP contribution is 2.31. The summed E-state index contributed by atoms with van der Waals surface area (Å²) in [7, 11) is -0.712. The third kappa shape index (κ3) is 9.06. The third-order valence-electron chi connectivity index (χ3n) is 6.37. The topological polar surface area (TPSA) is 131 Å². The van der Waals surface area contributed by atoms with Gasteiger partial charge in [0.15, 0.2) is 0 Å². The van der Waals surface area contributed by atoms with E-state index in [9.17, 15) is 22.8 Å². The lowest BCUT2D eigenvalue weighted by Crippen LogP contribution is -2.60. The van der Waals surface area contributed by atoms with Gasteiger partial charge in [-0.2, -0.15) is 4.72 Å². The van der Waals surface area contributed by atoms with Crippen LogP contribution in [0, 0.1) is 0 Å². The second kappa shape index (κ2) is 12.8. The molecule has 0 unspecified atom stereocenters. The van der Waals surface area contributed by atoms with Crippen molar-refractivity contribution < 1.29 is 32.3 Å². The Kier molecular flexibility index (Phi) is 9.96. The van der Waals surface area contributed by atoms with Crippen molar-refractivity contribution in [3.8, 4) is 5.75 Å². The van der Waals surface area contributed by atoms with Crippen LogP contribution in [0.2, 0.25) is 0 Å². The Morgan fingerprint density at radius 3 is 2.10 bits per heavy atom. The molecule has 0 spiro atoms. The zero-order valence-electron chi connectivity index (χ0n) is 23.7. The minimum atomic E-state index is -3.86. The predicted molar refractivity (Wildman–Crippen MR) is 151 cm³/mol. The molecule has 1 saturated carbocycles. The number of hydrogen-bond acceptors (Lipinski definition) is 7. The van der Waals surface area contributed by atoms with Crippen LogP contribution in [0.25, 0.3) is 0 Å². The molecule has 2 aromatic rings. The van der Waals surface area contributed by atoms with E-state index >= 15 is 0 Å². The SMILES string of the molecule is CN(C)C(=O)Oc1ccc(C[C@H](NC(=O)C2(NS(=O)(=O)Cc3ccccc3)CCCC2)C(=O)OC(C)(C)C)cc1. The first-order valence-electron chi connectivity index (χ1n) is 13.3. The number of nitrogens with zero attached hydrogens (tertiary/aromatic N) is 1. The van der Waals surface area contributed by atoms with Crippen LogP contribution in [-0.2, 0) is 36.5 Å². The van der Waals surface area contributed by atoms with Gasteiger partial charge < -0.3 is 19.7 Å². The van der Waals surface area contributed by atoms with Crippen molar-refractivity contribution in [2.24, 2.45) is 0 Å². The summed E-state index contributed by atoms with van der Waals surface area (Å²) in [5.74, 6) is -1.13. The normalized spacial score (nSPS) is 15.6. The molecule has 0 saturated heterocycles. The average Bonchev–Trinajstić information content (AvgIpc) is 3.32. The Morgan fingerprint density at radius 1 is 0.950 bits per heavy atom. The van der Waals surface area contributed by atoms with Crippen LogP contribution >= 0.6 is 0 Å². The number of ether oxygens (including phenoxy) is 2. The summed E-state index contributed by atoms with van der Waals surface area (Å²) >= 11 is 0. The Labute approximate surface area is 236 Å². The molecule has 2 amide bonds. The van der Waals surface area contributed by atoms with Gasteiger partial charge >= 0.3 is 12.1 Å². The Bertz CT molecular complexity index is 1280. The van der Waals surface area contributed by atoms with Crippen molar-refractivity contribution in [3.63, 3.8) is 0 Å². The molecule has 3 rings (SSSR count). The number of nitrogens with one attached hydrogen (secondary N) is 2. The fourth-order valence-corrected chi connectivity index (χ4v) is 6.06. The van der Waals surface area contributed by atoms with E-state index in [1.165, 1.54) is 4.90 Å². The van der Waals surface area contributed by atoms with Gasteiger partial charge in [-0.15, -0.1) is 0 Å². The number of hydrogen-bond donors (Lipinski definition) is 2. The van der Waals surface area contributed by atoms with Crippen LogP contribution in [-0.4, -0.2) is 62.6 Å². The summed E-state index contributed by atoms with van der Waals surface area (Å²) in [6.45, 7) is 5.19. The first-order chi connectivity index (χ1) is 18.7. The first-order valence-corrected chi connectivity index (χ1v) is 14.9. The van der Waals surface area contributed by atoms with E-state index in [2.05, 4.69) is 10.0 Å². The van der Waals surface area contributed by atoms with Gasteiger partial charge in [0.2, 0.25) is 15.9 Å². The van der Waals surface area contributed by atoms with Gasteiger partial charge in [-0.3, -0.25) is 4.79 Å². The Hall–Kier alpha value is -3.44. The van der Waals surface area contributed by atoms with Crippen LogP contribution in [0.15, 0.2) is 54.6 Å². The molecule has 0 bridgehead atoms. The number of sulfonamides is 1. The number of amides is 2. The first kappa shape index (κ1) is 31.1. The number of carbonyl (C=O) groups excluding carboxylic acids is 3. The highest BCUT2D eigenvalue weighted by atomic mass is 32.2. The minimum Gasteiger partial charge on any atom is -0.458 e. The zero-order chi connectivity index (χ0) is 29.6. The fourth-order valence-electron chi connectivity index (χ4n) is 4.47. The summed E-state index contributed by atoms with van der Waals surface area (Å²) in [6.07, 6.45) is 1.55. The standard InChI is InChI=1S/C29H39N3O7S/c1-28(2,3)39-25(33)24(19-21-13-15-23(16-14-21)38-27(35)32(4)5)30-26(34)29(17-9-10-18-29)31-40(36,37)20-22-11-7-6-8-12-22/h6-8,11-16,24,31H,9-10,17-20H2,1-5H3,(H,30,34)/t24-/m0/s1. The van der Waals surface area contributed by atoms with Crippen molar-refractivity contribution in [2.45, 2.75) is 75.8 Å². The second-order valence-electron chi connectivity index (χ2n) is 11.3. The van der Waals surface area contributed by atoms with Gasteiger partial charge in [0.25, 0.3) is 0 Å². The molecule has 0 aliphatic heterocycles. The van der Waals surface area contributed by atoms with Gasteiger partial charge in [-0.05, 0) is 56.9 Å².